The van der Waals surface area contributed by atoms with Crippen molar-refractivity contribution in [2.75, 3.05) is 6.26 Å². The first-order valence-electron chi connectivity index (χ1n) is 5.64. The van der Waals surface area contributed by atoms with E-state index >= 15 is 0 Å². The molecule has 0 aliphatic rings. The molecule has 2 rings (SSSR count). The minimum Gasteiger partial charge on any atom is -0.363 e. The molecule has 0 aliphatic heterocycles. The van der Waals surface area contributed by atoms with Crippen LogP contribution in [0.1, 0.15) is 11.1 Å². The van der Waals surface area contributed by atoms with E-state index in [-0.39, 0.29) is 17.9 Å². The van der Waals surface area contributed by atoms with E-state index in [1.165, 1.54) is 0 Å². The van der Waals surface area contributed by atoms with Gasteiger partial charge in [-0.3, -0.25) is 14.8 Å². The topological polar surface area (TPSA) is 109 Å². The van der Waals surface area contributed by atoms with Crippen LogP contribution in [0.4, 0.5) is 0 Å². The van der Waals surface area contributed by atoms with Crippen LogP contribution in [0, 0.1) is 0 Å². The SMILES string of the molecule is CS(=O)(=O)Oc1[nH]c(=O)[nH]c(=O)c1Cc1ccccc1. The van der Waals surface area contributed by atoms with Crippen molar-refractivity contribution in [1.82, 2.24) is 9.97 Å². The number of hydrogen-bond donors (Lipinski definition) is 2. The van der Waals surface area contributed by atoms with Crippen LogP contribution in [0.2, 0.25) is 0 Å². The highest BCUT2D eigenvalue weighted by Crippen LogP contribution is 2.15. The molecule has 0 amide bonds. The van der Waals surface area contributed by atoms with Crippen LogP contribution < -0.4 is 15.4 Å². The van der Waals surface area contributed by atoms with Crippen LogP contribution in [0.15, 0.2) is 39.9 Å². The molecule has 0 bridgehead atoms. The number of H-pyrrole nitrogens is 2. The van der Waals surface area contributed by atoms with E-state index in [4.69, 9.17) is 0 Å². The quantitative estimate of drug-likeness (QED) is 0.771. The van der Waals surface area contributed by atoms with Crippen molar-refractivity contribution in [1.29, 1.82) is 0 Å². The molecule has 0 radical (unpaired) electrons. The minimum atomic E-state index is -3.85. The lowest BCUT2D eigenvalue weighted by atomic mass is 10.1. The van der Waals surface area contributed by atoms with Crippen LogP contribution in [0.25, 0.3) is 0 Å². The lowest BCUT2D eigenvalue weighted by molar-refractivity contribution is 0.476. The smallest absolute Gasteiger partial charge is 0.328 e. The van der Waals surface area contributed by atoms with E-state index < -0.39 is 21.4 Å². The van der Waals surface area contributed by atoms with Gasteiger partial charge in [0.25, 0.3) is 5.56 Å². The Morgan fingerprint density at radius 1 is 1.10 bits per heavy atom. The summed E-state index contributed by atoms with van der Waals surface area (Å²) in [6.45, 7) is 0. The van der Waals surface area contributed by atoms with Gasteiger partial charge in [0.2, 0.25) is 5.88 Å². The van der Waals surface area contributed by atoms with Crippen LogP contribution in [-0.2, 0) is 16.5 Å². The molecule has 0 atom stereocenters. The number of benzene rings is 1. The van der Waals surface area contributed by atoms with Crippen molar-refractivity contribution in [2.24, 2.45) is 0 Å². The third kappa shape index (κ3) is 3.58. The molecule has 1 heterocycles. The second kappa shape index (κ2) is 5.33. The van der Waals surface area contributed by atoms with Gasteiger partial charge in [0.15, 0.2) is 0 Å². The average Bonchev–Trinajstić information content (AvgIpc) is 2.33. The van der Waals surface area contributed by atoms with Gasteiger partial charge in [-0.2, -0.15) is 8.42 Å². The normalized spacial score (nSPS) is 11.2. The molecule has 106 valence electrons. The summed E-state index contributed by atoms with van der Waals surface area (Å²) in [5.74, 6) is -0.356. The molecule has 1 aromatic carbocycles. The second-order valence-corrected chi connectivity index (χ2v) is 5.74. The molecule has 1 aromatic heterocycles. The van der Waals surface area contributed by atoms with Gasteiger partial charge in [-0.25, -0.2) is 4.79 Å². The third-order valence-corrected chi connectivity index (χ3v) is 2.93. The Bertz CT molecular complexity index is 821. The molecule has 2 aromatic rings. The summed E-state index contributed by atoms with van der Waals surface area (Å²) in [6, 6.07) is 8.93. The minimum absolute atomic E-state index is 0.0428. The highest BCUT2D eigenvalue weighted by Gasteiger charge is 2.15. The van der Waals surface area contributed by atoms with Crippen LogP contribution >= 0.6 is 0 Å². The first-order valence-corrected chi connectivity index (χ1v) is 7.45. The number of aromatic nitrogens is 2. The van der Waals surface area contributed by atoms with Gasteiger partial charge in [-0.1, -0.05) is 30.3 Å². The molecule has 0 saturated heterocycles. The van der Waals surface area contributed by atoms with E-state index in [0.29, 0.717) is 0 Å². The van der Waals surface area contributed by atoms with Crippen molar-refractivity contribution in [3.05, 3.63) is 62.3 Å². The maximum Gasteiger partial charge on any atom is 0.328 e. The first kappa shape index (κ1) is 14.1. The standard InChI is InChI=1S/C12H12N2O5S/c1-20(17,18)19-11-9(10(15)13-12(16)14-11)7-8-5-3-2-4-6-8/h2-6H,7H2,1H3,(H2,13,14,15,16). The zero-order chi connectivity index (χ0) is 14.8. The lowest BCUT2D eigenvalue weighted by Crippen LogP contribution is -2.27. The maximum absolute atomic E-state index is 11.8. The third-order valence-electron chi connectivity index (χ3n) is 2.46. The predicted octanol–water partition coefficient (Wildman–Crippen LogP) is -0.00760. The summed E-state index contributed by atoms with van der Waals surface area (Å²) < 4.78 is 27.0. The molecular formula is C12H12N2O5S. The molecule has 0 saturated carbocycles. The molecule has 0 spiro atoms. The summed E-state index contributed by atoms with van der Waals surface area (Å²) in [4.78, 5) is 27.2. The predicted molar refractivity (Wildman–Crippen MR) is 72.4 cm³/mol. The molecule has 0 fully saturated rings. The second-order valence-electron chi connectivity index (χ2n) is 4.17. The van der Waals surface area contributed by atoms with Gasteiger partial charge >= 0.3 is 15.8 Å². The summed E-state index contributed by atoms with van der Waals surface area (Å²) >= 11 is 0. The lowest BCUT2D eigenvalue weighted by Gasteiger charge is -2.07. The molecule has 0 aliphatic carbocycles. The Balaban J connectivity index is 2.51. The van der Waals surface area contributed by atoms with Gasteiger partial charge in [0.1, 0.15) is 0 Å². The fourth-order valence-corrected chi connectivity index (χ4v) is 2.12. The van der Waals surface area contributed by atoms with Crippen LogP contribution in [0.3, 0.4) is 0 Å². The Morgan fingerprint density at radius 2 is 1.75 bits per heavy atom. The maximum atomic E-state index is 11.8. The summed E-state index contributed by atoms with van der Waals surface area (Å²) in [7, 11) is -3.85. The average molecular weight is 296 g/mol. The van der Waals surface area contributed by atoms with Gasteiger partial charge in [-0.15, -0.1) is 0 Å². The van der Waals surface area contributed by atoms with Crippen molar-refractivity contribution in [3.8, 4) is 5.88 Å². The van der Waals surface area contributed by atoms with Crippen LogP contribution in [-0.4, -0.2) is 24.6 Å². The number of nitrogens with one attached hydrogen (secondary N) is 2. The summed E-state index contributed by atoms with van der Waals surface area (Å²) in [5.41, 5.74) is -0.689. The monoisotopic (exact) mass is 296 g/mol. The van der Waals surface area contributed by atoms with Gasteiger partial charge < -0.3 is 4.18 Å². The number of aromatic amines is 2. The van der Waals surface area contributed by atoms with Crippen molar-refractivity contribution < 1.29 is 12.6 Å². The highest BCUT2D eigenvalue weighted by molar-refractivity contribution is 7.86. The van der Waals surface area contributed by atoms with Gasteiger partial charge in [-0.05, 0) is 5.56 Å². The Kier molecular flexibility index (Phi) is 3.75. The molecule has 20 heavy (non-hydrogen) atoms. The fraction of sp³-hybridized carbons (Fsp3) is 0.167. The zero-order valence-corrected chi connectivity index (χ0v) is 11.4. The van der Waals surface area contributed by atoms with Crippen molar-refractivity contribution >= 4 is 10.1 Å². The molecule has 0 unspecified atom stereocenters. The van der Waals surface area contributed by atoms with E-state index in [0.717, 1.165) is 11.8 Å². The Morgan fingerprint density at radius 3 is 2.35 bits per heavy atom. The summed E-state index contributed by atoms with van der Waals surface area (Å²) in [5, 5.41) is 0. The Hall–Kier alpha value is -2.35. The van der Waals surface area contributed by atoms with Gasteiger partial charge in [0.05, 0.1) is 11.8 Å². The van der Waals surface area contributed by atoms with Gasteiger partial charge in [0, 0.05) is 6.42 Å². The van der Waals surface area contributed by atoms with Crippen molar-refractivity contribution in [2.45, 2.75) is 6.42 Å². The number of hydrogen-bond acceptors (Lipinski definition) is 5. The highest BCUT2D eigenvalue weighted by atomic mass is 32.2. The van der Waals surface area contributed by atoms with E-state index in [1.54, 1.807) is 24.3 Å². The van der Waals surface area contributed by atoms with Crippen molar-refractivity contribution in [3.63, 3.8) is 0 Å². The van der Waals surface area contributed by atoms with E-state index in [9.17, 15) is 18.0 Å². The molecule has 7 nitrogen and oxygen atoms in total. The van der Waals surface area contributed by atoms with E-state index in [2.05, 4.69) is 9.17 Å². The largest absolute Gasteiger partial charge is 0.363 e. The molecular weight excluding hydrogens is 284 g/mol. The van der Waals surface area contributed by atoms with E-state index in [1.807, 2.05) is 11.1 Å². The zero-order valence-electron chi connectivity index (χ0n) is 10.5. The Labute approximate surface area is 114 Å². The first-order chi connectivity index (χ1) is 9.35. The molecule has 2 N–H and O–H groups in total. The molecule has 8 heteroatoms. The fourth-order valence-electron chi connectivity index (χ4n) is 1.67. The van der Waals surface area contributed by atoms with Crippen LogP contribution in [0.5, 0.6) is 5.88 Å². The number of rotatable bonds is 4. The summed E-state index contributed by atoms with van der Waals surface area (Å²) in [6.07, 6.45) is 0.969.